The van der Waals surface area contributed by atoms with Crippen molar-refractivity contribution in [1.82, 2.24) is 5.32 Å². The zero-order valence-electron chi connectivity index (χ0n) is 8.81. The second-order valence-electron chi connectivity index (χ2n) is 2.99. The SMILES string of the molecule is COC(=O)[C@@H](C)NC(=O)c1sccc1C#N. The van der Waals surface area contributed by atoms with Crippen molar-refractivity contribution >= 4 is 23.2 Å². The molecule has 1 rings (SSSR count). The molecular weight excluding hydrogens is 228 g/mol. The summed E-state index contributed by atoms with van der Waals surface area (Å²) in [6, 6.07) is 2.73. The summed E-state index contributed by atoms with van der Waals surface area (Å²) in [5.74, 6) is -0.965. The lowest BCUT2D eigenvalue weighted by Gasteiger charge is -2.10. The first kappa shape index (κ1) is 12.2. The predicted molar refractivity (Wildman–Crippen MR) is 58.0 cm³/mol. The molecule has 0 spiro atoms. The fourth-order valence-electron chi connectivity index (χ4n) is 1.07. The standard InChI is InChI=1S/C10H10N2O3S/c1-6(10(14)15-2)12-9(13)8-7(5-11)3-4-16-8/h3-4,6H,1-2H3,(H,12,13)/t6-/m1/s1. The summed E-state index contributed by atoms with van der Waals surface area (Å²) < 4.78 is 4.47. The molecule has 0 bridgehead atoms. The van der Waals surface area contributed by atoms with E-state index in [-0.39, 0.29) is 0 Å². The molecule has 0 aliphatic carbocycles. The van der Waals surface area contributed by atoms with Crippen molar-refractivity contribution in [2.45, 2.75) is 13.0 Å². The number of nitrogens with zero attached hydrogens (tertiary/aromatic N) is 1. The Labute approximate surface area is 96.6 Å². The van der Waals surface area contributed by atoms with Gasteiger partial charge >= 0.3 is 5.97 Å². The lowest BCUT2D eigenvalue weighted by atomic mass is 10.2. The molecule has 84 valence electrons. The fraction of sp³-hybridized carbons (Fsp3) is 0.300. The minimum atomic E-state index is -0.730. The molecule has 1 aromatic heterocycles. The second-order valence-corrected chi connectivity index (χ2v) is 3.91. The number of ether oxygens (including phenoxy) is 1. The zero-order chi connectivity index (χ0) is 12.1. The van der Waals surface area contributed by atoms with Crippen LogP contribution in [0.25, 0.3) is 0 Å². The van der Waals surface area contributed by atoms with Crippen LogP contribution in [0, 0.1) is 11.3 Å². The summed E-state index contributed by atoms with van der Waals surface area (Å²) in [6.45, 7) is 1.52. The highest BCUT2D eigenvalue weighted by Crippen LogP contribution is 2.15. The number of hydrogen-bond acceptors (Lipinski definition) is 5. The first-order valence-corrected chi connectivity index (χ1v) is 5.34. The Balaban J connectivity index is 2.74. The normalized spacial score (nSPS) is 11.3. The molecule has 1 atom stereocenters. The summed E-state index contributed by atoms with van der Waals surface area (Å²) in [5.41, 5.74) is 0.305. The Kier molecular flexibility index (Phi) is 4.03. The van der Waals surface area contributed by atoms with E-state index < -0.39 is 17.9 Å². The third kappa shape index (κ3) is 2.58. The topological polar surface area (TPSA) is 79.2 Å². The van der Waals surface area contributed by atoms with Crippen molar-refractivity contribution in [3.05, 3.63) is 21.9 Å². The highest BCUT2D eigenvalue weighted by molar-refractivity contribution is 7.12. The Morgan fingerprint density at radius 1 is 1.62 bits per heavy atom. The van der Waals surface area contributed by atoms with Crippen LogP contribution in [0.5, 0.6) is 0 Å². The van der Waals surface area contributed by atoms with Gasteiger partial charge in [0.2, 0.25) is 0 Å². The molecule has 0 aromatic carbocycles. The lowest BCUT2D eigenvalue weighted by Crippen LogP contribution is -2.39. The van der Waals surface area contributed by atoms with E-state index in [0.717, 1.165) is 11.3 Å². The molecule has 0 saturated heterocycles. The van der Waals surface area contributed by atoms with Gasteiger partial charge in [-0.15, -0.1) is 11.3 Å². The number of methoxy groups -OCH3 is 1. The summed E-state index contributed by atoms with van der Waals surface area (Å²) in [4.78, 5) is 23.0. The van der Waals surface area contributed by atoms with Gasteiger partial charge in [0, 0.05) is 0 Å². The molecule has 0 aliphatic rings. The largest absolute Gasteiger partial charge is 0.467 e. The molecule has 1 N–H and O–H groups in total. The van der Waals surface area contributed by atoms with Crippen LogP contribution in [-0.4, -0.2) is 25.0 Å². The third-order valence-corrected chi connectivity index (χ3v) is 2.81. The van der Waals surface area contributed by atoms with Gasteiger partial charge in [-0.25, -0.2) is 4.79 Å². The van der Waals surface area contributed by atoms with E-state index in [4.69, 9.17) is 5.26 Å². The Hall–Kier alpha value is -1.87. The Bertz CT molecular complexity index is 447. The van der Waals surface area contributed by atoms with Crippen LogP contribution in [0.2, 0.25) is 0 Å². The maximum Gasteiger partial charge on any atom is 0.328 e. The predicted octanol–water partition coefficient (Wildman–Crippen LogP) is 0.911. The van der Waals surface area contributed by atoms with E-state index in [1.54, 1.807) is 11.4 Å². The molecule has 0 unspecified atom stereocenters. The van der Waals surface area contributed by atoms with Crippen molar-refractivity contribution < 1.29 is 14.3 Å². The van der Waals surface area contributed by atoms with Gasteiger partial charge < -0.3 is 10.1 Å². The van der Waals surface area contributed by atoms with E-state index in [0.29, 0.717) is 10.4 Å². The van der Waals surface area contributed by atoms with Crippen molar-refractivity contribution in [3.8, 4) is 6.07 Å². The molecule has 1 heterocycles. The van der Waals surface area contributed by atoms with E-state index >= 15 is 0 Å². The molecule has 1 aromatic rings. The minimum Gasteiger partial charge on any atom is -0.467 e. The maximum atomic E-state index is 11.7. The fourth-order valence-corrected chi connectivity index (χ4v) is 1.82. The monoisotopic (exact) mass is 238 g/mol. The third-order valence-electron chi connectivity index (χ3n) is 1.89. The first-order chi connectivity index (χ1) is 7.60. The molecule has 0 saturated carbocycles. The molecule has 6 heteroatoms. The van der Waals surface area contributed by atoms with Crippen LogP contribution in [0.3, 0.4) is 0 Å². The number of rotatable bonds is 3. The van der Waals surface area contributed by atoms with Gasteiger partial charge in [-0.3, -0.25) is 4.79 Å². The van der Waals surface area contributed by atoms with Crippen molar-refractivity contribution in [2.24, 2.45) is 0 Å². The number of thiophene rings is 1. The quantitative estimate of drug-likeness (QED) is 0.794. The van der Waals surface area contributed by atoms with Crippen LogP contribution in [0.4, 0.5) is 0 Å². The van der Waals surface area contributed by atoms with E-state index in [1.807, 2.05) is 6.07 Å². The number of carbonyl (C=O) groups is 2. The van der Waals surface area contributed by atoms with E-state index in [1.165, 1.54) is 14.0 Å². The van der Waals surface area contributed by atoms with Gasteiger partial charge in [0.15, 0.2) is 0 Å². The first-order valence-electron chi connectivity index (χ1n) is 4.46. The lowest BCUT2D eigenvalue weighted by molar-refractivity contribution is -0.142. The van der Waals surface area contributed by atoms with Crippen molar-refractivity contribution in [1.29, 1.82) is 5.26 Å². The second kappa shape index (κ2) is 5.28. The minimum absolute atomic E-state index is 0.304. The maximum absolute atomic E-state index is 11.7. The van der Waals surface area contributed by atoms with Gasteiger partial charge in [-0.05, 0) is 18.4 Å². The van der Waals surface area contributed by atoms with Gasteiger partial charge in [-0.1, -0.05) is 0 Å². The summed E-state index contributed by atoms with van der Waals surface area (Å²) in [5, 5.41) is 12.8. The van der Waals surface area contributed by atoms with E-state index in [2.05, 4.69) is 10.1 Å². The van der Waals surface area contributed by atoms with Crippen LogP contribution in [-0.2, 0) is 9.53 Å². The molecule has 16 heavy (non-hydrogen) atoms. The Morgan fingerprint density at radius 2 is 2.31 bits per heavy atom. The molecular formula is C10H10N2O3S. The number of nitrogens with one attached hydrogen (secondary N) is 1. The molecule has 0 fully saturated rings. The number of hydrogen-bond donors (Lipinski definition) is 1. The summed E-state index contributed by atoms with van der Waals surface area (Å²) in [7, 11) is 1.25. The highest BCUT2D eigenvalue weighted by atomic mass is 32.1. The average Bonchev–Trinajstić information content (AvgIpc) is 2.75. The zero-order valence-corrected chi connectivity index (χ0v) is 9.63. The number of nitriles is 1. The van der Waals surface area contributed by atoms with Crippen LogP contribution in [0.15, 0.2) is 11.4 Å². The summed E-state index contributed by atoms with van der Waals surface area (Å²) in [6.07, 6.45) is 0. The molecule has 0 aliphatic heterocycles. The number of esters is 1. The van der Waals surface area contributed by atoms with Gasteiger partial charge in [0.05, 0.1) is 12.7 Å². The van der Waals surface area contributed by atoms with Gasteiger partial charge in [0.25, 0.3) is 5.91 Å². The summed E-state index contributed by atoms with van der Waals surface area (Å²) >= 11 is 1.16. The van der Waals surface area contributed by atoms with Crippen molar-refractivity contribution in [3.63, 3.8) is 0 Å². The smallest absolute Gasteiger partial charge is 0.328 e. The molecule has 0 radical (unpaired) electrons. The Morgan fingerprint density at radius 3 is 2.88 bits per heavy atom. The van der Waals surface area contributed by atoms with Gasteiger partial charge in [0.1, 0.15) is 17.0 Å². The number of amides is 1. The van der Waals surface area contributed by atoms with Crippen LogP contribution < -0.4 is 5.32 Å². The van der Waals surface area contributed by atoms with Crippen LogP contribution in [0.1, 0.15) is 22.2 Å². The molecule has 5 nitrogen and oxygen atoms in total. The average molecular weight is 238 g/mol. The highest BCUT2D eigenvalue weighted by Gasteiger charge is 2.19. The van der Waals surface area contributed by atoms with Gasteiger partial charge in [-0.2, -0.15) is 5.26 Å². The van der Waals surface area contributed by atoms with Crippen LogP contribution >= 0.6 is 11.3 Å². The van der Waals surface area contributed by atoms with Crippen molar-refractivity contribution in [2.75, 3.05) is 7.11 Å². The van der Waals surface area contributed by atoms with E-state index in [9.17, 15) is 9.59 Å². The number of carbonyl (C=O) groups excluding carboxylic acids is 2. The molecule has 1 amide bonds.